The first kappa shape index (κ1) is 15.2. The smallest absolute Gasteiger partial charge is 0.0478 e. The normalized spacial score (nSPS) is 10.3. The highest BCUT2D eigenvalue weighted by atomic mass is 127. The molecule has 0 aliphatic carbocycles. The van der Waals surface area contributed by atoms with Crippen LogP contribution in [0.5, 0.6) is 0 Å². The largest absolute Gasteiger partial charge is 0.380 e. The van der Waals surface area contributed by atoms with Crippen molar-refractivity contribution in [3.8, 4) is 0 Å². The van der Waals surface area contributed by atoms with Crippen molar-refractivity contribution in [2.45, 2.75) is 20.4 Å². The van der Waals surface area contributed by atoms with Crippen molar-refractivity contribution in [2.24, 2.45) is 0 Å². The number of hydrogen-bond acceptors (Lipinski definition) is 2. The van der Waals surface area contributed by atoms with Crippen molar-refractivity contribution < 1.29 is 0 Å². The zero-order valence-electron chi connectivity index (χ0n) is 12.1. The third-order valence-electron chi connectivity index (χ3n) is 3.42. The Kier molecular flexibility index (Phi) is 5.71. The third-order valence-corrected chi connectivity index (χ3v) is 4.36. The molecule has 1 N–H and O–H groups in total. The van der Waals surface area contributed by atoms with Crippen LogP contribution >= 0.6 is 22.6 Å². The summed E-state index contributed by atoms with van der Waals surface area (Å²) in [5, 5.41) is 3.48. The highest BCUT2D eigenvalue weighted by Gasteiger charge is 2.02. The number of hydrogen-bond donors (Lipinski definition) is 1. The molecule has 0 bridgehead atoms. The van der Waals surface area contributed by atoms with Gasteiger partial charge in [-0.15, -0.1) is 0 Å². The molecule has 106 valence electrons. The average molecular weight is 380 g/mol. The number of nitrogens with zero attached hydrogens (tertiary/aromatic N) is 1. The Hall–Kier alpha value is -1.23. The predicted octanol–water partition coefficient (Wildman–Crippen LogP) is 4.75. The minimum Gasteiger partial charge on any atom is -0.380 e. The monoisotopic (exact) mass is 380 g/mol. The standard InChI is InChI=1S/C17H21IN2/c1-3-20(4-2)15-11-9-14(10-12-15)13-19-17-8-6-5-7-16(17)18/h5-12,19H,3-4,13H2,1-2H3. The summed E-state index contributed by atoms with van der Waals surface area (Å²) in [6.45, 7) is 7.35. The highest BCUT2D eigenvalue weighted by Crippen LogP contribution is 2.19. The molecule has 0 aliphatic heterocycles. The molecule has 0 aliphatic rings. The van der Waals surface area contributed by atoms with Gasteiger partial charge >= 0.3 is 0 Å². The summed E-state index contributed by atoms with van der Waals surface area (Å²) in [6, 6.07) is 17.2. The van der Waals surface area contributed by atoms with Crippen molar-refractivity contribution in [1.82, 2.24) is 0 Å². The Morgan fingerprint density at radius 3 is 2.20 bits per heavy atom. The maximum absolute atomic E-state index is 3.48. The second-order valence-electron chi connectivity index (χ2n) is 4.67. The van der Waals surface area contributed by atoms with Crippen molar-refractivity contribution in [2.75, 3.05) is 23.3 Å². The number of anilines is 2. The number of nitrogens with one attached hydrogen (secondary N) is 1. The third kappa shape index (κ3) is 3.88. The first-order chi connectivity index (χ1) is 9.74. The van der Waals surface area contributed by atoms with Gasteiger partial charge < -0.3 is 10.2 Å². The Morgan fingerprint density at radius 1 is 0.950 bits per heavy atom. The first-order valence-corrected chi connectivity index (χ1v) is 8.14. The number of benzene rings is 2. The summed E-state index contributed by atoms with van der Waals surface area (Å²) in [4.78, 5) is 2.36. The van der Waals surface area contributed by atoms with E-state index in [4.69, 9.17) is 0 Å². The molecule has 2 rings (SSSR count). The summed E-state index contributed by atoms with van der Waals surface area (Å²) >= 11 is 2.36. The van der Waals surface area contributed by atoms with Crippen LogP contribution in [0.3, 0.4) is 0 Å². The molecular weight excluding hydrogens is 359 g/mol. The fourth-order valence-electron chi connectivity index (χ4n) is 2.22. The van der Waals surface area contributed by atoms with Gasteiger partial charge in [0.25, 0.3) is 0 Å². The number of rotatable bonds is 6. The maximum atomic E-state index is 3.48. The minimum absolute atomic E-state index is 0.860. The molecule has 0 saturated carbocycles. The molecule has 0 unspecified atom stereocenters. The lowest BCUT2D eigenvalue weighted by Gasteiger charge is -2.21. The van der Waals surface area contributed by atoms with Gasteiger partial charge in [0.05, 0.1) is 0 Å². The van der Waals surface area contributed by atoms with Crippen molar-refractivity contribution in [3.05, 3.63) is 57.7 Å². The van der Waals surface area contributed by atoms with Gasteiger partial charge in [-0.3, -0.25) is 0 Å². The van der Waals surface area contributed by atoms with Crippen molar-refractivity contribution in [1.29, 1.82) is 0 Å². The van der Waals surface area contributed by atoms with E-state index in [-0.39, 0.29) is 0 Å². The summed E-state index contributed by atoms with van der Waals surface area (Å²) in [5.74, 6) is 0. The van der Waals surface area contributed by atoms with E-state index in [2.05, 4.69) is 95.2 Å². The van der Waals surface area contributed by atoms with Crippen molar-refractivity contribution in [3.63, 3.8) is 0 Å². The van der Waals surface area contributed by atoms with Gasteiger partial charge in [0.15, 0.2) is 0 Å². The lowest BCUT2D eigenvalue weighted by atomic mass is 10.2. The predicted molar refractivity (Wildman–Crippen MR) is 96.5 cm³/mol. The molecule has 0 amide bonds. The Labute approximate surface area is 135 Å². The quantitative estimate of drug-likeness (QED) is 0.728. The summed E-state index contributed by atoms with van der Waals surface area (Å²) in [7, 11) is 0. The van der Waals surface area contributed by atoms with E-state index in [1.165, 1.54) is 20.5 Å². The Balaban J connectivity index is 1.99. The van der Waals surface area contributed by atoms with Gasteiger partial charge in [-0.1, -0.05) is 24.3 Å². The van der Waals surface area contributed by atoms with Crippen LogP contribution in [-0.4, -0.2) is 13.1 Å². The summed E-state index contributed by atoms with van der Waals surface area (Å²) in [6.07, 6.45) is 0. The molecule has 2 nitrogen and oxygen atoms in total. The van der Waals surface area contributed by atoms with E-state index in [1.807, 2.05) is 0 Å². The van der Waals surface area contributed by atoms with Crippen LogP contribution in [0.1, 0.15) is 19.4 Å². The Bertz CT molecular complexity index is 533. The molecule has 0 aromatic heterocycles. The topological polar surface area (TPSA) is 15.3 Å². The molecule has 2 aromatic carbocycles. The van der Waals surface area contributed by atoms with E-state index in [1.54, 1.807) is 0 Å². The van der Waals surface area contributed by atoms with E-state index in [9.17, 15) is 0 Å². The molecule has 2 aromatic rings. The SMILES string of the molecule is CCN(CC)c1ccc(CNc2ccccc2I)cc1. The fourth-order valence-corrected chi connectivity index (χ4v) is 2.79. The lowest BCUT2D eigenvalue weighted by molar-refractivity contribution is 0.865. The molecule has 0 fully saturated rings. The lowest BCUT2D eigenvalue weighted by Crippen LogP contribution is -2.21. The van der Waals surface area contributed by atoms with Crippen LogP contribution in [0.2, 0.25) is 0 Å². The minimum atomic E-state index is 0.860. The van der Waals surface area contributed by atoms with E-state index in [0.717, 1.165) is 19.6 Å². The zero-order chi connectivity index (χ0) is 14.4. The van der Waals surface area contributed by atoms with Gasteiger partial charge in [-0.25, -0.2) is 0 Å². The first-order valence-electron chi connectivity index (χ1n) is 7.07. The van der Waals surface area contributed by atoms with Gasteiger partial charge in [0.2, 0.25) is 0 Å². The molecule has 3 heteroatoms. The second-order valence-corrected chi connectivity index (χ2v) is 5.83. The molecule has 0 heterocycles. The van der Waals surface area contributed by atoms with E-state index in [0.29, 0.717) is 0 Å². The van der Waals surface area contributed by atoms with Crippen LogP contribution in [0.4, 0.5) is 11.4 Å². The molecule has 0 radical (unpaired) electrons. The fraction of sp³-hybridized carbons (Fsp3) is 0.294. The Morgan fingerprint density at radius 2 is 1.60 bits per heavy atom. The molecule has 0 spiro atoms. The van der Waals surface area contributed by atoms with Crippen molar-refractivity contribution >= 4 is 34.0 Å². The average Bonchev–Trinajstić information content (AvgIpc) is 2.49. The molecule has 0 saturated heterocycles. The van der Waals surface area contributed by atoms with E-state index < -0.39 is 0 Å². The van der Waals surface area contributed by atoms with Crippen LogP contribution < -0.4 is 10.2 Å². The number of para-hydroxylation sites is 1. The van der Waals surface area contributed by atoms with Gasteiger partial charge in [-0.2, -0.15) is 0 Å². The van der Waals surface area contributed by atoms with Crippen LogP contribution in [0.25, 0.3) is 0 Å². The van der Waals surface area contributed by atoms with E-state index >= 15 is 0 Å². The molecule has 20 heavy (non-hydrogen) atoms. The summed E-state index contributed by atoms with van der Waals surface area (Å²) < 4.78 is 1.25. The van der Waals surface area contributed by atoms with Gasteiger partial charge in [0, 0.05) is 34.6 Å². The van der Waals surface area contributed by atoms with Gasteiger partial charge in [0.1, 0.15) is 0 Å². The van der Waals surface area contributed by atoms with Crippen LogP contribution in [0.15, 0.2) is 48.5 Å². The number of halogens is 1. The van der Waals surface area contributed by atoms with Crippen LogP contribution in [-0.2, 0) is 6.54 Å². The second kappa shape index (κ2) is 7.53. The molecular formula is C17H21IN2. The van der Waals surface area contributed by atoms with Gasteiger partial charge in [-0.05, 0) is 66.3 Å². The zero-order valence-corrected chi connectivity index (χ0v) is 14.2. The maximum Gasteiger partial charge on any atom is 0.0478 e. The highest BCUT2D eigenvalue weighted by molar-refractivity contribution is 14.1. The molecule has 0 atom stereocenters. The van der Waals surface area contributed by atoms with Crippen LogP contribution in [0, 0.1) is 3.57 Å². The summed E-state index contributed by atoms with van der Waals surface area (Å²) in [5.41, 5.74) is 3.80.